The van der Waals surface area contributed by atoms with Crippen molar-refractivity contribution >= 4 is 28.9 Å². The van der Waals surface area contributed by atoms with Gasteiger partial charge in [0.25, 0.3) is 5.56 Å². The van der Waals surface area contributed by atoms with Gasteiger partial charge in [0.15, 0.2) is 0 Å². The molecular weight excluding hydrogens is 442 g/mol. The Morgan fingerprint density at radius 3 is 2.59 bits per heavy atom. The number of aryl methyl sites for hydroxylation is 1. The van der Waals surface area contributed by atoms with Gasteiger partial charge in [-0.2, -0.15) is 0 Å². The fraction of sp³-hybridized carbons (Fsp3) is 0.444. The number of hydrogen-bond acceptors (Lipinski definition) is 4. The molecule has 0 radical (unpaired) electrons. The molecule has 2 atom stereocenters. The van der Waals surface area contributed by atoms with Gasteiger partial charge in [-0.3, -0.25) is 14.1 Å². The van der Waals surface area contributed by atoms with Crippen LogP contribution in [-0.4, -0.2) is 36.2 Å². The molecule has 176 valence electrons. The quantitative estimate of drug-likeness (QED) is 0.375. The Labute approximate surface area is 204 Å². The molecule has 2 aliphatic rings. The van der Waals surface area contributed by atoms with Crippen LogP contribution in [-0.2, 0) is 13.1 Å². The average molecular weight is 474 g/mol. The van der Waals surface area contributed by atoms with Crippen LogP contribution < -0.4 is 5.56 Å². The fourth-order valence-electron chi connectivity index (χ4n) is 6.09. The van der Waals surface area contributed by atoms with Crippen LogP contribution in [0.2, 0.25) is 0 Å². The van der Waals surface area contributed by atoms with Gasteiger partial charge in [0, 0.05) is 12.6 Å². The second kappa shape index (κ2) is 8.78. The number of nitrogens with zero attached hydrogens (tertiary/aromatic N) is 5. The Hall–Kier alpha value is -2.77. The second-order valence-electron chi connectivity index (χ2n) is 9.80. The molecule has 1 aliphatic heterocycles. The first-order valence-electron chi connectivity index (χ1n) is 12.6. The van der Waals surface area contributed by atoms with Crippen molar-refractivity contribution in [2.45, 2.75) is 64.6 Å². The Kier molecular flexibility index (Phi) is 5.62. The molecule has 2 fully saturated rings. The zero-order chi connectivity index (χ0) is 23.2. The van der Waals surface area contributed by atoms with Gasteiger partial charge in [0.2, 0.25) is 10.5 Å². The summed E-state index contributed by atoms with van der Waals surface area (Å²) >= 11 is 5.98. The molecule has 7 heteroatoms. The minimum atomic E-state index is -0.0650. The van der Waals surface area contributed by atoms with Crippen LogP contribution in [0, 0.1) is 10.7 Å². The SMILES string of the molecule is CCc1ccc(-n2c(=O)c3ccccc3n3c(=S)n(CN4CCC[C@H]5CCCC[C@@H]54)nc23)cc1. The molecule has 0 bridgehead atoms. The monoisotopic (exact) mass is 473 g/mol. The number of likely N-dealkylation sites (tertiary alicyclic amines) is 1. The van der Waals surface area contributed by atoms with Crippen LogP contribution >= 0.6 is 12.2 Å². The summed E-state index contributed by atoms with van der Waals surface area (Å²) in [5, 5.41) is 5.62. The lowest BCUT2D eigenvalue weighted by Gasteiger charge is -2.43. The standard InChI is InChI=1S/C27H31N5OS/c1-2-19-13-15-21(16-14-19)31-25(33)22-10-4-6-12-24(22)32-26(31)28-30(27(32)34)18-29-17-7-9-20-8-3-5-11-23(20)29/h4,6,10,12-16,20,23H,2-3,5,7-9,11,17-18H2,1H3/t20-,23+/m1/s1. The summed E-state index contributed by atoms with van der Waals surface area (Å²) in [6.45, 7) is 3.90. The normalized spacial score (nSPS) is 21.2. The van der Waals surface area contributed by atoms with Crippen LogP contribution in [0.3, 0.4) is 0 Å². The second-order valence-corrected chi connectivity index (χ2v) is 10.2. The first kappa shape index (κ1) is 21.7. The lowest BCUT2D eigenvalue weighted by Crippen LogP contribution is -2.47. The highest BCUT2D eigenvalue weighted by Crippen LogP contribution is 2.35. The van der Waals surface area contributed by atoms with Gasteiger partial charge in [-0.1, -0.05) is 44.0 Å². The number of benzene rings is 2. The van der Waals surface area contributed by atoms with E-state index in [-0.39, 0.29) is 5.56 Å². The summed E-state index contributed by atoms with van der Waals surface area (Å²) < 4.78 is 6.27. The smallest absolute Gasteiger partial charge is 0.267 e. The van der Waals surface area contributed by atoms with Crippen molar-refractivity contribution < 1.29 is 0 Å². The van der Waals surface area contributed by atoms with E-state index in [0.29, 0.717) is 28.6 Å². The molecule has 1 saturated carbocycles. The van der Waals surface area contributed by atoms with E-state index in [1.54, 1.807) is 4.57 Å². The third-order valence-corrected chi connectivity index (χ3v) is 8.27. The molecule has 0 spiro atoms. The van der Waals surface area contributed by atoms with E-state index in [2.05, 4.69) is 24.0 Å². The summed E-state index contributed by atoms with van der Waals surface area (Å²) in [4.78, 5) is 16.2. The van der Waals surface area contributed by atoms with Crippen molar-refractivity contribution in [2.24, 2.45) is 5.92 Å². The van der Waals surface area contributed by atoms with E-state index in [0.717, 1.165) is 30.1 Å². The lowest BCUT2D eigenvalue weighted by atomic mass is 9.78. The lowest BCUT2D eigenvalue weighted by molar-refractivity contribution is 0.0325. The van der Waals surface area contributed by atoms with E-state index in [9.17, 15) is 4.79 Å². The molecule has 0 unspecified atom stereocenters. The molecule has 0 N–H and O–H groups in total. The predicted octanol–water partition coefficient (Wildman–Crippen LogP) is 5.34. The number of aromatic nitrogens is 4. The molecule has 1 aliphatic carbocycles. The van der Waals surface area contributed by atoms with Crippen LogP contribution in [0.4, 0.5) is 0 Å². The van der Waals surface area contributed by atoms with Crippen LogP contribution in [0.1, 0.15) is 51.0 Å². The van der Waals surface area contributed by atoms with Crippen molar-refractivity contribution in [1.29, 1.82) is 0 Å². The molecule has 6 nitrogen and oxygen atoms in total. The van der Waals surface area contributed by atoms with Crippen molar-refractivity contribution in [3.8, 4) is 5.69 Å². The van der Waals surface area contributed by atoms with Gasteiger partial charge >= 0.3 is 0 Å². The number of hydrogen-bond donors (Lipinski definition) is 0. The van der Waals surface area contributed by atoms with Gasteiger partial charge in [-0.05, 0) is 80.1 Å². The van der Waals surface area contributed by atoms with E-state index in [1.807, 2.05) is 45.5 Å². The maximum atomic E-state index is 13.7. The maximum Gasteiger partial charge on any atom is 0.267 e. The predicted molar refractivity (Wildman–Crippen MR) is 138 cm³/mol. The van der Waals surface area contributed by atoms with Crippen molar-refractivity contribution in [3.05, 3.63) is 69.2 Å². The zero-order valence-corrected chi connectivity index (χ0v) is 20.5. The molecular formula is C27H31N5OS. The molecule has 4 aromatic rings. The molecule has 34 heavy (non-hydrogen) atoms. The fourth-order valence-corrected chi connectivity index (χ4v) is 6.37. The van der Waals surface area contributed by atoms with Crippen molar-refractivity contribution in [1.82, 2.24) is 23.6 Å². The third-order valence-electron chi connectivity index (χ3n) is 7.88. The minimum absolute atomic E-state index is 0.0650. The summed E-state index contributed by atoms with van der Waals surface area (Å²) in [6.07, 6.45) is 8.82. The Morgan fingerprint density at radius 1 is 1.00 bits per heavy atom. The largest absolute Gasteiger partial charge is 0.281 e. The summed E-state index contributed by atoms with van der Waals surface area (Å²) in [5.74, 6) is 1.37. The number of para-hydroxylation sites is 1. The molecule has 3 heterocycles. The van der Waals surface area contributed by atoms with Gasteiger partial charge in [0.1, 0.15) is 0 Å². The maximum absolute atomic E-state index is 13.7. The van der Waals surface area contributed by atoms with Crippen LogP contribution in [0.5, 0.6) is 0 Å². The van der Waals surface area contributed by atoms with E-state index < -0.39 is 0 Å². The third kappa shape index (κ3) is 3.53. The Balaban J connectivity index is 1.52. The van der Waals surface area contributed by atoms with E-state index in [1.165, 1.54) is 44.1 Å². The van der Waals surface area contributed by atoms with Crippen LogP contribution in [0.15, 0.2) is 53.3 Å². The minimum Gasteiger partial charge on any atom is -0.281 e. The number of piperidine rings is 1. The van der Waals surface area contributed by atoms with Crippen molar-refractivity contribution in [2.75, 3.05) is 6.54 Å². The van der Waals surface area contributed by atoms with Crippen LogP contribution in [0.25, 0.3) is 22.4 Å². The molecule has 0 amide bonds. The topological polar surface area (TPSA) is 47.5 Å². The van der Waals surface area contributed by atoms with E-state index in [4.69, 9.17) is 17.3 Å². The number of rotatable bonds is 4. The molecule has 2 aromatic heterocycles. The average Bonchev–Trinajstić information content (AvgIpc) is 3.20. The Morgan fingerprint density at radius 2 is 1.76 bits per heavy atom. The van der Waals surface area contributed by atoms with Gasteiger partial charge < -0.3 is 0 Å². The highest BCUT2D eigenvalue weighted by Gasteiger charge is 2.33. The zero-order valence-electron chi connectivity index (χ0n) is 19.7. The first-order chi connectivity index (χ1) is 16.7. The number of fused-ring (bicyclic) bond motifs is 4. The Bertz CT molecular complexity index is 1460. The molecule has 2 aromatic carbocycles. The summed E-state index contributed by atoms with van der Waals surface area (Å²) in [7, 11) is 0. The van der Waals surface area contributed by atoms with Gasteiger partial charge in [0.05, 0.1) is 23.3 Å². The molecule has 6 rings (SSSR count). The summed E-state index contributed by atoms with van der Waals surface area (Å²) in [5.41, 5.74) is 2.80. The van der Waals surface area contributed by atoms with Crippen molar-refractivity contribution in [3.63, 3.8) is 0 Å². The van der Waals surface area contributed by atoms with Gasteiger partial charge in [-0.15, -0.1) is 5.10 Å². The molecule has 1 saturated heterocycles. The highest BCUT2D eigenvalue weighted by atomic mass is 32.1. The highest BCUT2D eigenvalue weighted by molar-refractivity contribution is 7.71. The summed E-state index contributed by atoms with van der Waals surface area (Å²) in [6, 6.07) is 16.5. The van der Waals surface area contributed by atoms with E-state index >= 15 is 0 Å². The van der Waals surface area contributed by atoms with Gasteiger partial charge in [-0.25, -0.2) is 9.25 Å². The first-order valence-corrected chi connectivity index (χ1v) is 13.0.